The zero-order valence-electron chi connectivity index (χ0n) is 23.1. The molecule has 9 heteroatoms. The quantitative estimate of drug-likeness (QED) is 0.253. The van der Waals surface area contributed by atoms with Crippen molar-refractivity contribution in [2.75, 3.05) is 24.7 Å². The van der Waals surface area contributed by atoms with Gasteiger partial charge in [0.15, 0.2) is 5.43 Å². The molecule has 1 aliphatic rings. The Morgan fingerprint density at radius 2 is 1.73 bits per heavy atom. The Kier molecular flexibility index (Phi) is 11.2. The zero-order chi connectivity index (χ0) is 27.0. The van der Waals surface area contributed by atoms with Gasteiger partial charge in [-0.15, -0.1) is 0 Å². The fourth-order valence-corrected chi connectivity index (χ4v) is 7.21. The molecule has 1 fully saturated rings. The lowest BCUT2D eigenvalue weighted by Crippen LogP contribution is -2.32. The van der Waals surface area contributed by atoms with Gasteiger partial charge in [-0.3, -0.25) is 9.36 Å². The second-order valence-electron chi connectivity index (χ2n) is 10.1. The smallest absolute Gasteiger partial charge is 0.332 e. The molecule has 0 spiro atoms. The van der Waals surface area contributed by atoms with Gasteiger partial charge in [-0.05, 0) is 58.6 Å². The molecule has 0 radical (unpaired) electrons. The molecule has 1 aromatic carbocycles. The molecule has 0 bridgehead atoms. The predicted molar refractivity (Wildman–Crippen MR) is 150 cm³/mol. The third-order valence-corrected chi connectivity index (χ3v) is 9.58. The van der Waals surface area contributed by atoms with E-state index in [9.17, 15) is 9.36 Å². The fourth-order valence-electron chi connectivity index (χ4n) is 5.33. The Balaban J connectivity index is 1.92. The van der Waals surface area contributed by atoms with Crippen LogP contribution in [-0.2, 0) is 20.2 Å². The van der Waals surface area contributed by atoms with E-state index in [2.05, 4.69) is 29.0 Å². The molecule has 1 unspecified atom stereocenters. The number of benzene rings is 1. The minimum Gasteiger partial charge on any atom is -0.380 e. The molecule has 3 rings (SSSR count). The summed E-state index contributed by atoms with van der Waals surface area (Å²) < 4.78 is 41.1. The second-order valence-corrected chi connectivity index (χ2v) is 12.2. The first-order chi connectivity index (χ1) is 17.7. The number of nitrogens with one attached hydrogen (secondary N) is 2. The van der Waals surface area contributed by atoms with E-state index in [4.69, 9.17) is 9.05 Å². The first kappa shape index (κ1) is 29.8. The van der Waals surface area contributed by atoms with E-state index in [1.165, 1.54) is 12.5 Å². The summed E-state index contributed by atoms with van der Waals surface area (Å²) in [5.74, 6) is -0.390. The van der Waals surface area contributed by atoms with Crippen molar-refractivity contribution in [2.24, 2.45) is 0 Å². The molecule has 2 aromatic rings. The van der Waals surface area contributed by atoms with Gasteiger partial charge in [0.1, 0.15) is 5.82 Å². The van der Waals surface area contributed by atoms with Gasteiger partial charge in [0.05, 0.1) is 30.6 Å². The molecule has 1 aliphatic carbocycles. The van der Waals surface area contributed by atoms with Gasteiger partial charge in [0.25, 0.3) is 0 Å². The number of halogens is 1. The third kappa shape index (κ3) is 7.66. The maximum atomic E-state index is 15.2. The van der Waals surface area contributed by atoms with E-state index in [-0.39, 0.29) is 42.1 Å². The summed E-state index contributed by atoms with van der Waals surface area (Å²) in [5, 5.41) is 7.10. The average Bonchev–Trinajstić information content (AvgIpc) is 2.87. The van der Waals surface area contributed by atoms with Gasteiger partial charge < -0.3 is 24.2 Å². The van der Waals surface area contributed by atoms with Crippen LogP contribution in [-0.4, -0.2) is 36.0 Å². The highest BCUT2D eigenvalue weighted by Gasteiger charge is 2.27. The highest BCUT2D eigenvalue weighted by molar-refractivity contribution is 7.53. The van der Waals surface area contributed by atoms with Crippen molar-refractivity contribution in [3.8, 4) is 0 Å². The van der Waals surface area contributed by atoms with Crippen molar-refractivity contribution in [2.45, 2.75) is 104 Å². The highest BCUT2D eigenvalue weighted by atomic mass is 31.2. The van der Waals surface area contributed by atoms with Crippen LogP contribution in [0.4, 0.5) is 10.1 Å². The molecule has 1 heterocycles. The van der Waals surface area contributed by atoms with Crippen LogP contribution in [0.25, 0.3) is 10.9 Å². The number of rotatable bonds is 14. The second kappa shape index (κ2) is 13.9. The largest absolute Gasteiger partial charge is 0.380 e. The standard InChI is InChI=1S/C28H45FN3O4P/c1-6-23(7-2)32-18-21(17-30-20(5)19-37(34,35-8-3)36-9-4)28(33)24-15-25(29)26(16-27(24)32)31-22-13-11-10-12-14-22/h15-16,18,20,22-23,30-31H,6-14,17,19H2,1-5H3. The van der Waals surface area contributed by atoms with Crippen LogP contribution in [0.1, 0.15) is 91.2 Å². The third-order valence-electron chi connectivity index (χ3n) is 7.29. The highest BCUT2D eigenvalue weighted by Crippen LogP contribution is 2.48. The molecule has 7 nitrogen and oxygen atoms in total. The number of fused-ring (bicyclic) bond motifs is 1. The Hall–Kier alpha value is -1.73. The van der Waals surface area contributed by atoms with Crippen molar-refractivity contribution >= 4 is 24.2 Å². The first-order valence-corrected chi connectivity index (χ1v) is 15.7. The van der Waals surface area contributed by atoms with Crippen molar-refractivity contribution in [1.29, 1.82) is 0 Å². The summed E-state index contributed by atoms with van der Waals surface area (Å²) in [6.07, 6.45) is 9.53. The van der Waals surface area contributed by atoms with Crippen LogP contribution >= 0.6 is 7.60 Å². The Labute approximate surface area is 221 Å². The maximum absolute atomic E-state index is 15.2. The van der Waals surface area contributed by atoms with E-state index < -0.39 is 7.60 Å². The van der Waals surface area contributed by atoms with Crippen molar-refractivity contribution in [3.05, 3.63) is 39.9 Å². The molecule has 0 saturated heterocycles. The average molecular weight is 538 g/mol. The molecule has 208 valence electrons. The topological polar surface area (TPSA) is 81.6 Å². The lowest BCUT2D eigenvalue weighted by molar-refractivity contribution is 0.217. The van der Waals surface area contributed by atoms with Gasteiger partial charge in [0, 0.05) is 41.8 Å². The van der Waals surface area contributed by atoms with Crippen LogP contribution in [0.2, 0.25) is 0 Å². The van der Waals surface area contributed by atoms with Gasteiger partial charge in [-0.1, -0.05) is 33.1 Å². The summed E-state index contributed by atoms with van der Waals surface area (Å²) in [4.78, 5) is 13.5. The van der Waals surface area contributed by atoms with Gasteiger partial charge >= 0.3 is 7.60 Å². The molecule has 0 aliphatic heterocycles. The molecule has 1 atom stereocenters. The summed E-state index contributed by atoms with van der Waals surface area (Å²) in [6, 6.07) is 3.46. The Morgan fingerprint density at radius 1 is 1.08 bits per heavy atom. The lowest BCUT2D eigenvalue weighted by atomic mass is 9.95. The number of nitrogens with zero attached hydrogens (tertiary/aromatic N) is 1. The molecular formula is C28H45FN3O4P. The molecule has 2 N–H and O–H groups in total. The summed E-state index contributed by atoms with van der Waals surface area (Å²) >= 11 is 0. The summed E-state index contributed by atoms with van der Waals surface area (Å²) in [6.45, 7) is 10.6. The first-order valence-electron chi connectivity index (χ1n) is 14.0. The number of aromatic nitrogens is 1. The zero-order valence-corrected chi connectivity index (χ0v) is 24.0. The van der Waals surface area contributed by atoms with Crippen LogP contribution in [0.15, 0.2) is 23.1 Å². The van der Waals surface area contributed by atoms with Gasteiger partial charge in [-0.25, -0.2) is 4.39 Å². The fraction of sp³-hybridized carbons (Fsp3) is 0.679. The van der Waals surface area contributed by atoms with E-state index in [0.29, 0.717) is 29.9 Å². The number of pyridine rings is 1. The minimum absolute atomic E-state index is 0.183. The monoisotopic (exact) mass is 537 g/mol. The maximum Gasteiger partial charge on any atom is 0.332 e. The number of anilines is 1. The number of hydrogen-bond acceptors (Lipinski definition) is 6. The Bertz CT molecular complexity index is 1120. The van der Waals surface area contributed by atoms with Gasteiger partial charge in [-0.2, -0.15) is 0 Å². The van der Waals surface area contributed by atoms with Crippen LogP contribution in [0, 0.1) is 5.82 Å². The SMILES string of the molecule is CCOP(=O)(CC(C)NCc1cn(C(CC)CC)c2cc(NC3CCCCC3)c(F)cc2c1=O)OCC. The van der Waals surface area contributed by atoms with Crippen molar-refractivity contribution in [3.63, 3.8) is 0 Å². The minimum atomic E-state index is -3.21. The normalized spacial score (nSPS) is 16.0. The van der Waals surface area contributed by atoms with Crippen LogP contribution < -0.4 is 16.1 Å². The van der Waals surface area contributed by atoms with Crippen LogP contribution in [0.3, 0.4) is 0 Å². The van der Waals surface area contributed by atoms with Crippen molar-refractivity contribution < 1.29 is 18.0 Å². The Morgan fingerprint density at radius 3 is 2.32 bits per heavy atom. The molecule has 0 amide bonds. The molecule has 1 saturated carbocycles. The molecular weight excluding hydrogens is 492 g/mol. The van der Waals surface area contributed by atoms with E-state index in [0.717, 1.165) is 44.0 Å². The van der Waals surface area contributed by atoms with Crippen LogP contribution in [0.5, 0.6) is 0 Å². The number of hydrogen-bond donors (Lipinski definition) is 2. The van der Waals surface area contributed by atoms with E-state index in [1.807, 2.05) is 19.2 Å². The van der Waals surface area contributed by atoms with Gasteiger partial charge in [0.2, 0.25) is 0 Å². The lowest BCUT2D eigenvalue weighted by Gasteiger charge is -2.26. The molecule has 37 heavy (non-hydrogen) atoms. The summed E-state index contributed by atoms with van der Waals surface area (Å²) in [7, 11) is -3.21. The summed E-state index contributed by atoms with van der Waals surface area (Å²) in [5.41, 5.74) is 1.60. The molecule has 1 aromatic heterocycles. The van der Waals surface area contributed by atoms with E-state index in [1.54, 1.807) is 13.8 Å². The van der Waals surface area contributed by atoms with E-state index >= 15 is 4.39 Å². The predicted octanol–water partition coefficient (Wildman–Crippen LogP) is 6.99. The van der Waals surface area contributed by atoms with Crippen molar-refractivity contribution in [1.82, 2.24) is 9.88 Å².